The second-order valence-corrected chi connectivity index (χ2v) is 5.99. The maximum atomic E-state index is 12.4. The van der Waals surface area contributed by atoms with Gasteiger partial charge in [0.15, 0.2) is 0 Å². The molecule has 0 atom stereocenters. The van der Waals surface area contributed by atoms with Crippen molar-refractivity contribution < 1.29 is 4.79 Å². The van der Waals surface area contributed by atoms with Crippen molar-refractivity contribution in [1.29, 1.82) is 0 Å². The van der Waals surface area contributed by atoms with Gasteiger partial charge in [-0.15, -0.1) is 0 Å². The zero-order valence-corrected chi connectivity index (χ0v) is 13.7. The quantitative estimate of drug-likeness (QED) is 0.565. The number of carbonyl (C=O) groups is 1. The van der Waals surface area contributed by atoms with Crippen LogP contribution in [-0.2, 0) is 18.3 Å². The summed E-state index contributed by atoms with van der Waals surface area (Å²) < 4.78 is 1.78. The lowest BCUT2D eigenvalue weighted by atomic mass is 10.1. The minimum absolute atomic E-state index is 0.122. The number of hydrogen-bond donors (Lipinski definition) is 2. The summed E-state index contributed by atoms with van der Waals surface area (Å²) in [4.78, 5) is 16.9. The highest BCUT2D eigenvalue weighted by molar-refractivity contribution is 5.95. The highest BCUT2D eigenvalue weighted by Crippen LogP contribution is 2.20. The standard InChI is InChI=1S/C19H17N5O/c1-24-17-9-14(8-6-13(17)11-21-24)22-18(25)10-15-7-5-12-3-2-4-16(20)19(12)23-15/h2-9,11H,10,20H2,1H3,(H,22,25). The van der Waals surface area contributed by atoms with Crippen LogP contribution in [0.5, 0.6) is 0 Å². The summed E-state index contributed by atoms with van der Waals surface area (Å²) in [6, 6.07) is 15.1. The van der Waals surface area contributed by atoms with E-state index >= 15 is 0 Å². The third-order valence-electron chi connectivity index (χ3n) is 4.18. The van der Waals surface area contributed by atoms with Gasteiger partial charge in [-0.3, -0.25) is 14.5 Å². The zero-order valence-electron chi connectivity index (χ0n) is 13.7. The number of anilines is 2. The van der Waals surface area contributed by atoms with Gasteiger partial charge in [0.05, 0.1) is 35.0 Å². The van der Waals surface area contributed by atoms with Gasteiger partial charge in [-0.1, -0.05) is 18.2 Å². The summed E-state index contributed by atoms with van der Waals surface area (Å²) >= 11 is 0. The fraction of sp³-hybridized carbons (Fsp3) is 0.105. The predicted molar refractivity (Wildman–Crippen MR) is 99.2 cm³/mol. The van der Waals surface area contributed by atoms with Crippen LogP contribution in [0.15, 0.2) is 54.7 Å². The van der Waals surface area contributed by atoms with Crippen LogP contribution in [0, 0.1) is 0 Å². The Morgan fingerprint density at radius 3 is 2.88 bits per heavy atom. The van der Waals surface area contributed by atoms with E-state index in [2.05, 4.69) is 15.4 Å². The summed E-state index contributed by atoms with van der Waals surface area (Å²) in [7, 11) is 1.87. The normalized spacial score (nSPS) is 11.1. The van der Waals surface area contributed by atoms with E-state index < -0.39 is 0 Å². The van der Waals surface area contributed by atoms with Crippen LogP contribution >= 0.6 is 0 Å². The van der Waals surface area contributed by atoms with Gasteiger partial charge >= 0.3 is 0 Å². The average molecular weight is 331 g/mol. The van der Waals surface area contributed by atoms with Gasteiger partial charge in [-0.25, -0.2) is 0 Å². The summed E-state index contributed by atoms with van der Waals surface area (Å²) in [6.45, 7) is 0. The van der Waals surface area contributed by atoms with Crippen LogP contribution in [0.25, 0.3) is 21.8 Å². The zero-order chi connectivity index (χ0) is 17.4. The molecule has 0 saturated heterocycles. The number of fused-ring (bicyclic) bond motifs is 2. The smallest absolute Gasteiger partial charge is 0.230 e. The van der Waals surface area contributed by atoms with Crippen molar-refractivity contribution in [3.8, 4) is 0 Å². The molecular weight excluding hydrogens is 314 g/mol. The molecule has 6 heteroatoms. The number of nitrogen functional groups attached to an aromatic ring is 1. The lowest BCUT2D eigenvalue weighted by Crippen LogP contribution is -2.15. The molecule has 2 aromatic heterocycles. The van der Waals surface area contributed by atoms with Crippen molar-refractivity contribution in [2.75, 3.05) is 11.1 Å². The highest BCUT2D eigenvalue weighted by Gasteiger charge is 2.09. The molecule has 2 aromatic carbocycles. The molecule has 124 valence electrons. The number of pyridine rings is 1. The molecule has 0 aliphatic rings. The number of para-hydroxylation sites is 1. The molecule has 4 aromatic rings. The van der Waals surface area contributed by atoms with Crippen molar-refractivity contribution >= 4 is 39.1 Å². The number of nitrogens with zero attached hydrogens (tertiary/aromatic N) is 3. The van der Waals surface area contributed by atoms with Crippen LogP contribution < -0.4 is 11.1 Å². The van der Waals surface area contributed by atoms with E-state index in [1.54, 1.807) is 10.9 Å². The minimum Gasteiger partial charge on any atom is -0.397 e. The lowest BCUT2D eigenvalue weighted by Gasteiger charge is -2.07. The van der Waals surface area contributed by atoms with E-state index in [0.29, 0.717) is 11.4 Å². The molecule has 0 saturated carbocycles. The lowest BCUT2D eigenvalue weighted by molar-refractivity contribution is -0.115. The number of carbonyl (C=O) groups excluding carboxylic acids is 1. The summed E-state index contributed by atoms with van der Waals surface area (Å²) in [5, 5.41) is 9.11. The molecule has 6 nitrogen and oxygen atoms in total. The Morgan fingerprint density at radius 2 is 2.00 bits per heavy atom. The molecule has 2 heterocycles. The highest BCUT2D eigenvalue weighted by atomic mass is 16.1. The molecule has 0 radical (unpaired) electrons. The molecule has 4 rings (SSSR count). The van der Waals surface area contributed by atoms with Crippen LogP contribution in [-0.4, -0.2) is 20.7 Å². The largest absolute Gasteiger partial charge is 0.397 e. The van der Waals surface area contributed by atoms with Gasteiger partial charge in [-0.2, -0.15) is 5.10 Å². The Kier molecular flexibility index (Phi) is 3.57. The first-order valence-electron chi connectivity index (χ1n) is 7.96. The van der Waals surface area contributed by atoms with Gasteiger partial charge in [0.25, 0.3) is 0 Å². The molecular formula is C19H17N5O. The third-order valence-corrected chi connectivity index (χ3v) is 4.18. The van der Waals surface area contributed by atoms with Gasteiger partial charge in [0, 0.05) is 23.5 Å². The van der Waals surface area contributed by atoms with Crippen LogP contribution in [0.2, 0.25) is 0 Å². The summed E-state index contributed by atoms with van der Waals surface area (Å²) in [5.74, 6) is -0.122. The number of benzene rings is 2. The van der Waals surface area contributed by atoms with Crippen LogP contribution in [0.4, 0.5) is 11.4 Å². The maximum absolute atomic E-state index is 12.4. The van der Waals surface area contributed by atoms with Gasteiger partial charge < -0.3 is 11.1 Å². The van der Waals surface area contributed by atoms with E-state index in [1.807, 2.05) is 55.6 Å². The van der Waals surface area contributed by atoms with Gasteiger partial charge in [0.1, 0.15) is 0 Å². The molecule has 3 N–H and O–H groups in total. The number of rotatable bonds is 3. The Bertz CT molecular complexity index is 1100. The molecule has 0 bridgehead atoms. The molecule has 25 heavy (non-hydrogen) atoms. The Morgan fingerprint density at radius 1 is 1.16 bits per heavy atom. The van der Waals surface area contributed by atoms with Gasteiger partial charge in [-0.05, 0) is 30.3 Å². The summed E-state index contributed by atoms with van der Waals surface area (Å²) in [5.41, 5.74) is 9.69. The van der Waals surface area contributed by atoms with E-state index in [1.165, 1.54) is 0 Å². The second-order valence-electron chi connectivity index (χ2n) is 5.99. The van der Waals surface area contributed by atoms with E-state index in [9.17, 15) is 4.79 Å². The first kappa shape index (κ1) is 15.1. The number of aryl methyl sites for hydroxylation is 1. The van der Waals surface area contributed by atoms with E-state index in [-0.39, 0.29) is 12.3 Å². The maximum Gasteiger partial charge on any atom is 0.230 e. The van der Waals surface area contributed by atoms with E-state index in [0.717, 1.165) is 27.5 Å². The van der Waals surface area contributed by atoms with Crippen molar-refractivity contribution in [3.63, 3.8) is 0 Å². The number of nitrogens with two attached hydrogens (primary N) is 1. The topological polar surface area (TPSA) is 85.8 Å². The Balaban J connectivity index is 1.55. The SMILES string of the molecule is Cn1ncc2ccc(NC(=O)Cc3ccc4cccc(N)c4n3)cc21. The first-order chi connectivity index (χ1) is 12.1. The number of nitrogens with one attached hydrogen (secondary N) is 1. The Hall–Kier alpha value is -3.41. The number of aromatic nitrogens is 3. The first-order valence-corrected chi connectivity index (χ1v) is 7.96. The molecule has 1 amide bonds. The number of hydrogen-bond acceptors (Lipinski definition) is 4. The molecule has 0 spiro atoms. The Labute approximate surface area is 144 Å². The number of amides is 1. The van der Waals surface area contributed by atoms with E-state index in [4.69, 9.17) is 5.73 Å². The fourth-order valence-corrected chi connectivity index (χ4v) is 2.90. The van der Waals surface area contributed by atoms with Gasteiger partial charge in [0.2, 0.25) is 5.91 Å². The molecule has 0 aliphatic carbocycles. The molecule has 0 fully saturated rings. The average Bonchev–Trinajstić information content (AvgIpc) is 2.96. The van der Waals surface area contributed by atoms with Crippen molar-refractivity contribution in [2.24, 2.45) is 7.05 Å². The fourth-order valence-electron chi connectivity index (χ4n) is 2.90. The van der Waals surface area contributed by atoms with Crippen LogP contribution in [0.3, 0.4) is 0 Å². The summed E-state index contributed by atoms with van der Waals surface area (Å²) in [6.07, 6.45) is 1.98. The van der Waals surface area contributed by atoms with Crippen molar-refractivity contribution in [1.82, 2.24) is 14.8 Å². The minimum atomic E-state index is -0.122. The monoisotopic (exact) mass is 331 g/mol. The van der Waals surface area contributed by atoms with Crippen LogP contribution in [0.1, 0.15) is 5.69 Å². The third kappa shape index (κ3) is 2.89. The molecule has 0 unspecified atom stereocenters. The predicted octanol–water partition coefficient (Wildman–Crippen LogP) is 2.88. The van der Waals surface area contributed by atoms with Crippen molar-refractivity contribution in [2.45, 2.75) is 6.42 Å². The second kappa shape index (κ2) is 5.90. The van der Waals surface area contributed by atoms with Crippen molar-refractivity contribution in [3.05, 3.63) is 60.4 Å². The molecule has 0 aliphatic heterocycles.